The lowest BCUT2D eigenvalue weighted by Gasteiger charge is -2.23. The van der Waals surface area contributed by atoms with Crippen molar-refractivity contribution in [1.29, 1.82) is 0 Å². The smallest absolute Gasteiger partial charge is 0.325 e. The second kappa shape index (κ2) is 6.31. The molecular weight excluding hydrogens is 325 g/mol. The van der Waals surface area contributed by atoms with Crippen LogP contribution in [0, 0.1) is 11.7 Å². The number of oxazole rings is 1. The molecule has 1 unspecified atom stereocenters. The van der Waals surface area contributed by atoms with Gasteiger partial charge in [0.15, 0.2) is 0 Å². The standard InChI is InChI=1S/C18H20FN3O3/c1-11(2)8-18(3)16(23)22(17(24)21-18)9-14-10-25-15(20-14)12-5-4-6-13(19)7-12/h4-7,10-11H,8-9H2,1-3H3,(H,21,24). The quantitative estimate of drug-likeness (QED) is 0.844. The molecule has 132 valence electrons. The summed E-state index contributed by atoms with van der Waals surface area (Å²) < 4.78 is 18.7. The van der Waals surface area contributed by atoms with E-state index in [9.17, 15) is 14.0 Å². The van der Waals surface area contributed by atoms with Gasteiger partial charge in [-0.1, -0.05) is 19.9 Å². The number of halogens is 1. The number of nitrogens with one attached hydrogen (secondary N) is 1. The summed E-state index contributed by atoms with van der Waals surface area (Å²) in [6.45, 7) is 5.73. The maximum atomic E-state index is 13.3. The molecular formula is C18H20FN3O3. The minimum absolute atomic E-state index is 0.0111. The summed E-state index contributed by atoms with van der Waals surface area (Å²) in [6.07, 6.45) is 1.93. The molecule has 25 heavy (non-hydrogen) atoms. The molecule has 0 aliphatic carbocycles. The number of amides is 3. The van der Waals surface area contributed by atoms with Crippen molar-refractivity contribution in [3.63, 3.8) is 0 Å². The molecule has 1 N–H and O–H groups in total. The lowest BCUT2D eigenvalue weighted by atomic mass is 9.91. The molecule has 6 nitrogen and oxygen atoms in total. The Morgan fingerprint density at radius 2 is 2.12 bits per heavy atom. The lowest BCUT2D eigenvalue weighted by molar-refractivity contribution is -0.131. The Hall–Kier alpha value is -2.70. The van der Waals surface area contributed by atoms with Gasteiger partial charge >= 0.3 is 6.03 Å². The molecule has 0 spiro atoms. The van der Waals surface area contributed by atoms with Gasteiger partial charge in [0.2, 0.25) is 5.89 Å². The fourth-order valence-electron chi connectivity index (χ4n) is 3.14. The maximum absolute atomic E-state index is 13.3. The number of carbonyl (C=O) groups excluding carboxylic acids is 2. The Labute approximate surface area is 145 Å². The van der Waals surface area contributed by atoms with Crippen LogP contribution in [0.25, 0.3) is 11.5 Å². The van der Waals surface area contributed by atoms with E-state index in [0.29, 0.717) is 17.7 Å². The molecule has 1 aromatic carbocycles. The van der Waals surface area contributed by atoms with Crippen molar-refractivity contribution in [3.05, 3.63) is 42.0 Å². The molecule has 0 radical (unpaired) electrons. The summed E-state index contributed by atoms with van der Waals surface area (Å²) in [4.78, 5) is 30.2. The Balaban J connectivity index is 1.77. The number of carbonyl (C=O) groups is 2. The van der Waals surface area contributed by atoms with Gasteiger partial charge in [0.25, 0.3) is 5.91 Å². The highest BCUT2D eigenvalue weighted by molar-refractivity contribution is 6.06. The second-order valence-electron chi connectivity index (χ2n) is 6.91. The van der Waals surface area contributed by atoms with E-state index in [4.69, 9.17) is 4.42 Å². The number of benzene rings is 1. The first-order valence-electron chi connectivity index (χ1n) is 8.13. The fourth-order valence-corrected chi connectivity index (χ4v) is 3.14. The average molecular weight is 345 g/mol. The van der Waals surface area contributed by atoms with Crippen molar-refractivity contribution in [3.8, 4) is 11.5 Å². The van der Waals surface area contributed by atoms with Crippen molar-refractivity contribution in [2.45, 2.75) is 39.3 Å². The second-order valence-corrected chi connectivity index (χ2v) is 6.91. The first-order valence-corrected chi connectivity index (χ1v) is 8.13. The molecule has 2 aromatic rings. The van der Waals surface area contributed by atoms with Crippen LogP contribution < -0.4 is 5.32 Å². The fraction of sp³-hybridized carbons (Fsp3) is 0.389. The van der Waals surface area contributed by atoms with Gasteiger partial charge in [0.05, 0.1) is 12.2 Å². The highest BCUT2D eigenvalue weighted by atomic mass is 19.1. The topological polar surface area (TPSA) is 75.4 Å². The minimum Gasteiger partial charge on any atom is -0.444 e. The van der Waals surface area contributed by atoms with Crippen molar-refractivity contribution in [1.82, 2.24) is 15.2 Å². The Morgan fingerprint density at radius 1 is 1.36 bits per heavy atom. The van der Waals surface area contributed by atoms with Gasteiger partial charge in [-0.15, -0.1) is 0 Å². The molecule has 1 aliphatic heterocycles. The number of urea groups is 1. The zero-order chi connectivity index (χ0) is 18.2. The molecule has 2 heterocycles. The van der Waals surface area contributed by atoms with Crippen LogP contribution in [0.5, 0.6) is 0 Å². The molecule has 1 atom stereocenters. The Morgan fingerprint density at radius 3 is 2.80 bits per heavy atom. The van der Waals surface area contributed by atoms with Crippen LogP contribution in [0.1, 0.15) is 32.9 Å². The van der Waals surface area contributed by atoms with Crippen molar-refractivity contribution >= 4 is 11.9 Å². The van der Waals surface area contributed by atoms with Crippen molar-refractivity contribution in [2.75, 3.05) is 0 Å². The molecule has 1 aliphatic rings. The van der Waals surface area contributed by atoms with Crippen molar-refractivity contribution in [2.24, 2.45) is 5.92 Å². The lowest BCUT2D eigenvalue weighted by Crippen LogP contribution is -2.44. The summed E-state index contributed by atoms with van der Waals surface area (Å²) in [5.74, 6) is -0.162. The molecule has 0 saturated carbocycles. The van der Waals surface area contributed by atoms with E-state index in [1.165, 1.54) is 18.4 Å². The van der Waals surface area contributed by atoms with Gasteiger partial charge in [0.1, 0.15) is 17.6 Å². The first kappa shape index (κ1) is 17.1. The van der Waals surface area contributed by atoms with Crippen LogP contribution in [-0.2, 0) is 11.3 Å². The van der Waals surface area contributed by atoms with E-state index in [0.717, 1.165) is 4.90 Å². The Kier molecular flexibility index (Phi) is 4.32. The summed E-state index contributed by atoms with van der Waals surface area (Å²) in [6, 6.07) is 5.43. The van der Waals surface area contributed by atoms with Crippen LogP contribution in [-0.4, -0.2) is 27.4 Å². The van der Waals surface area contributed by atoms with E-state index in [1.54, 1.807) is 19.1 Å². The third-order valence-corrected chi connectivity index (χ3v) is 4.11. The summed E-state index contributed by atoms with van der Waals surface area (Å²) >= 11 is 0. The summed E-state index contributed by atoms with van der Waals surface area (Å²) in [5, 5.41) is 2.76. The molecule has 1 saturated heterocycles. The third-order valence-electron chi connectivity index (χ3n) is 4.11. The number of hydrogen-bond donors (Lipinski definition) is 1. The van der Waals surface area contributed by atoms with Gasteiger partial charge in [-0.25, -0.2) is 14.2 Å². The van der Waals surface area contributed by atoms with Crippen molar-refractivity contribution < 1.29 is 18.4 Å². The molecule has 7 heteroatoms. The predicted molar refractivity (Wildman–Crippen MR) is 88.8 cm³/mol. The molecule has 0 bridgehead atoms. The SMILES string of the molecule is CC(C)CC1(C)NC(=O)N(Cc2coc(-c3cccc(F)c3)n2)C1=O. The van der Waals surface area contributed by atoms with E-state index in [1.807, 2.05) is 13.8 Å². The zero-order valence-electron chi connectivity index (χ0n) is 14.4. The zero-order valence-corrected chi connectivity index (χ0v) is 14.4. The molecule has 3 amide bonds. The van der Waals surface area contributed by atoms with E-state index >= 15 is 0 Å². The van der Waals surface area contributed by atoms with Gasteiger partial charge in [0, 0.05) is 5.56 Å². The van der Waals surface area contributed by atoms with E-state index < -0.39 is 17.4 Å². The van der Waals surface area contributed by atoms with E-state index in [2.05, 4.69) is 10.3 Å². The van der Waals surface area contributed by atoms with Crippen LogP contribution in [0.15, 0.2) is 34.9 Å². The van der Waals surface area contributed by atoms with Crippen LogP contribution >= 0.6 is 0 Å². The minimum atomic E-state index is -0.902. The summed E-state index contributed by atoms with van der Waals surface area (Å²) in [7, 11) is 0. The van der Waals surface area contributed by atoms with Crippen LogP contribution in [0.4, 0.5) is 9.18 Å². The third kappa shape index (κ3) is 3.40. The summed E-state index contributed by atoms with van der Waals surface area (Å²) in [5.41, 5.74) is 0.0186. The van der Waals surface area contributed by atoms with Gasteiger partial charge in [-0.2, -0.15) is 0 Å². The molecule has 3 rings (SSSR count). The van der Waals surface area contributed by atoms with Gasteiger partial charge in [-0.05, 0) is 37.5 Å². The normalized spacial score (nSPS) is 20.4. The maximum Gasteiger partial charge on any atom is 0.325 e. The van der Waals surface area contributed by atoms with E-state index in [-0.39, 0.29) is 24.3 Å². The molecule has 1 fully saturated rings. The Bertz CT molecular complexity index is 817. The number of imide groups is 1. The van der Waals surface area contributed by atoms with Gasteiger partial charge < -0.3 is 9.73 Å². The first-order chi connectivity index (χ1) is 11.8. The van der Waals surface area contributed by atoms with Gasteiger partial charge in [-0.3, -0.25) is 9.69 Å². The number of nitrogens with zero attached hydrogens (tertiary/aromatic N) is 2. The largest absolute Gasteiger partial charge is 0.444 e. The number of rotatable bonds is 5. The van der Waals surface area contributed by atoms with Crippen LogP contribution in [0.2, 0.25) is 0 Å². The number of aromatic nitrogens is 1. The average Bonchev–Trinajstić information content (AvgIpc) is 3.06. The highest BCUT2D eigenvalue weighted by Crippen LogP contribution is 2.27. The monoisotopic (exact) mass is 345 g/mol. The highest BCUT2D eigenvalue weighted by Gasteiger charge is 2.47. The van der Waals surface area contributed by atoms with Crippen LogP contribution in [0.3, 0.4) is 0 Å². The predicted octanol–water partition coefficient (Wildman–Crippen LogP) is 3.34. The molecule has 1 aromatic heterocycles. The number of hydrogen-bond acceptors (Lipinski definition) is 4.